The van der Waals surface area contributed by atoms with E-state index in [1.165, 1.54) is 16.8 Å². The normalized spacial score (nSPS) is 13.7. The molecule has 0 aromatic heterocycles. The van der Waals surface area contributed by atoms with E-state index in [2.05, 4.69) is 87.2 Å². The molecule has 0 radical (unpaired) electrons. The van der Waals surface area contributed by atoms with Gasteiger partial charge in [0, 0.05) is 23.3 Å². The molecule has 0 aliphatic carbocycles. The number of hydrogen-bond acceptors (Lipinski definition) is 1. The Morgan fingerprint density at radius 1 is 0.762 bits per heavy atom. The monoisotopic (exact) mass is 281 g/mol. The van der Waals surface area contributed by atoms with Gasteiger partial charge in [0.05, 0.1) is 0 Å². The number of hydrogen-bond donors (Lipinski definition) is 0. The maximum atomic E-state index is 2.59. The lowest BCUT2D eigenvalue weighted by Gasteiger charge is -2.37. The predicted molar refractivity (Wildman–Crippen MR) is 93.9 cm³/mol. The van der Waals surface area contributed by atoms with E-state index in [4.69, 9.17) is 0 Å². The second kappa shape index (κ2) is 7.31. The second-order valence-corrected chi connectivity index (χ2v) is 5.80. The fraction of sp³-hybridized carbons (Fsp3) is 0.400. The molecule has 2 rings (SSSR count). The first kappa shape index (κ1) is 15.6. The Labute approximate surface area is 129 Å². The summed E-state index contributed by atoms with van der Waals surface area (Å²) < 4.78 is 0. The van der Waals surface area contributed by atoms with Crippen LogP contribution in [0.4, 0.5) is 5.69 Å². The first-order chi connectivity index (χ1) is 10.2. The topological polar surface area (TPSA) is 3.24 Å². The minimum Gasteiger partial charge on any atom is -0.366 e. The van der Waals surface area contributed by atoms with Crippen LogP contribution in [0.5, 0.6) is 0 Å². The number of anilines is 1. The fourth-order valence-corrected chi connectivity index (χ4v) is 2.86. The summed E-state index contributed by atoms with van der Waals surface area (Å²) in [7, 11) is 0. The van der Waals surface area contributed by atoms with Gasteiger partial charge in [0.15, 0.2) is 0 Å². The smallest absolute Gasteiger partial charge is 0.0450 e. The molecule has 1 nitrogen and oxygen atoms in total. The summed E-state index contributed by atoms with van der Waals surface area (Å²) in [6.07, 6.45) is 2.32. The van der Waals surface area contributed by atoms with Gasteiger partial charge in [-0.3, -0.25) is 0 Å². The van der Waals surface area contributed by atoms with Crippen LogP contribution < -0.4 is 4.90 Å². The van der Waals surface area contributed by atoms with E-state index in [9.17, 15) is 0 Å². The highest BCUT2D eigenvalue weighted by Gasteiger charge is 2.21. The quantitative estimate of drug-likeness (QED) is 0.651. The van der Waals surface area contributed by atoms with Crippen LogP contribution in [0, 0.1) is 0 Å². The molecule has 0 saturated carbocycles. The Kier molecular flexibility index (Phi) is 5.44. The zero-order valence-corrected chi connectivity index (χ0v) is 13.7. The summed E-state index contributed by atoms with van der Waals surface area (Å²) in [5.41, 5.74) is 3.98. The molecule has 0 amide bonds. The largest absolute Gasteiger partial charge is 0.366 e. The number of benzene rings is 2. The Morgan fingerprint density at radius 3 is 1.86 bits per heavy atom. The summed E-state index contributed by atoms with van der Waals surface area (Å²) in [5, 5.41) is 0. The summed E-state index contributed by atoms with van der Waals surface area (Å²) in [6, 6.07) is 20.6. The van der Waals surface area contributed by atoms with Gasteiger partial charge in [-0.15, -0.1) is 0 Å². The molecule has 1 heteroatoms. The van der Waals surface area contributed by atoms with Crippen molar-refractivity contribution in [2.24, 2.45) is 0 Å². The maximum Gasteiger partial charge on any atom is 0.0450 e. The molecule has 2 aromatic carbocycles. The summed E-state index contributed by atoms with van der Waals surface area (Å²) >= 11 is 0. The van der Waals surface area contributed by atoms with Crippen molar-refractivity contribution < 1.29 is 0 Å². The Balaban J connectivity index is 2.51. The van der Waals surface area contributed by atoms with Gasteiger partial charge in [0.25, 0.3) is 0 Å². The highest BCUT2D eigenvalue weighted by Crippen LogP contribution is 2.34. The van der Waals surface area contributed by atoms with Crippen molar-refractivity contribution in [2.75, 3.05) is 4.90 Å². The van der Waals surface area contributed by atoms with Crippen molar-refractivity contribution in [3.63, 3.8) is 0 Å². The third-order valence-corrected chi connectivity index (χ3v) is 4.40. The first-order valence-corrected chi connectivity index (χ1v) is 8.11. The zero-order valence-electron chi connectivity index (χ0n) is 13.7. The second-order valence-electron chi connectivity index (χ2n) is 5.80. The standard InChI is InChI=1S/C20H27N/c1-5-16(3)21(17(4)6-2)20-15-11-10-14-19(20)18-12-8-7-9-13-18/h7-17H,5-6H2,1-4H3. The van der Waals surface area contributed by atoms with Crippen LogP contribution >= 0.6 is 0 Å². The number of nitrogens with zero attached hydrogens (tertiary/aromatic N) is 1. The molecule has 0 N–H and O–H groups in total. The molecule has 0 fully saturated rings. The molecule has 0 heterocycles. The highest BCUT2D eigenvalue weighted by atomic mass is 15.2. The van der Waals surface area contributed by atoms with Crippen molar-refractivity contribution in [1.82, 2.24) is 0 Å². The summed E-state index contributed by atoms with van der Waals surface area (Å²) in [5.74, 6) is 0. The SMILES string of the molecule is CCC(C)N(c1ccccc1-c1ccccc1)C(C)CC. The molecule has 0 aliphatic rings. The van der Waals surface area contributed by atoms with E-state index >= 15 is 0 Å². The summed E-state index contributed by atoms with van der Waals surface area (Å²) in [6.45, 7) is 9.19. The van der Waals surface area contributed by atoms with E-state index in [0.717, 1.165) is 12.8 Å². The van der Waals surface area contributed by atoms with Gasteiger partial charge >= 0.3 is 0 Å². The van der Waals surface area contributed by atoms with Gasteiger partial charge in [-0.2, -0.15) is 0 Å². The molecule has 0 aliphatic heterocycles. The van der Waals surface area contributed by atoms with Crippen molar-refractivity contribution in [3.8, 4) is 11.1 Å². The van der Waals surface area contributed by atoms with Crippen LogP contribution in [-0.2, 0) is 0 Å². The Hall–Kier alpha value is -1.76. The number of para-hydroxylation sites is 1. The van der Waals surface area contributed by atoms with E-state index in [1.54, 1.807) is 0 Å². The van der Waals surface area contributed by atoms with Gasteiger partial charge in [-0.1, -0.05) is 62.4 Å². The molecule has 0 bridgehead atoms. The van der Waals surface area contributed by atoms with Crippen LogP contribution in [-0.4, -0.2) is 12.1 Å². The molecule has 21 heavy (non-hydrogen) atoms. The summed E-state index contributed by atoms with van der Waals surface area (Å²) in [4.78, 5) is 2.59. The lowest BCUT2D eigenvalue weighted by atomic mass is 10.00. The van der Waals surface area contributed by atoms with Crippen LogP contribution in [0.2, 0.25) is 0 Å². The molecule has 2 aromatic rings. The van der Waals surface area contributed by atoms with Crippen molar-refractivity contribution in [1.29, 1.82) is 0 Å². The average molecular weight is 281 g/mol. The van der Waals surface area contributed by atoms with Gasteiger partial charge in [0.2, 0.25) is 0 Å². The molecule has 2 atom stereocenters. The average Bonchev–Trinajstić information content (AvgIpc) is 2.56. The molecular formula is C20H27N. The van der Waals surface area contributed by atoms with Crippen molar-refractivity contribution in [3.05, 3.63) is 54.6 Å². The van der Waals surface area contributed by atoms with E-state index in [1.807, 2.05) is 0 Å². The predicted octanol–water partition coefficient (Wildman–Crippen LogP) is 5.76. The Bertz CT molecular complexity index is 537. The molecule has 0 spiro atoms. The van der Waals surface area contributed by atoms with Gasteiger partial charge < -0.3 is 4.90 Å². The van der Waals surface area contributed by atoms with Gasteiger partial charge in [-0.25, -0.2) is 0 Å². The Morgan fingerprint density at radius 2 is 1.29 bits per heavy atom. The van der Waals surface area contributed by atoms with Crippen LogP contribution in [0.15, 0.2) is 54.6 Å². The van der Waals surface area contributed by atoms with Gasteiger partial charge in [0.1, 0.15) is 0 Å². The number of rotatable bonds is 6. The zero-order chi connectivity index (χ0) is 15.2. The maximum absolute atomic E-state index is 2.59. The van der Waals surface area contributed by atoms with Gasteiger partial charge in [-0.05, 0) is 38.3 Å². The first-order valence-electron chi connectivity index (χ1n) is 8.11. The molecule has 0 saturated heterocycles. The lowest BCUT2D eigenvalue weighted by molar-refractivity contribution is 0.528. The third-order valence-electron chi connectivity index (χ3n) is 4.40. The molecular weight excluding hydrogens is 254 g/mol. The third kappa shape index (κ3) is 3.47. The highest BCUT2D eigenvalue weighted by molar-refractivity contribution is 5.79. The van der Waals surface area contributed by atoms with Crippen LogP contribution in [0.3, 0.4) is 0 Å². The molecule has 2 unspecified atom stereocenters. The van der Waals surface area contributed by atoms with Crippen molar-refractivity contribution in [2.45, 2.75) is 52.6 Å². The minimum atomic E-state index is 0.546. The fourth-order valence-electron chi connectivity index (χ4n) is 2.86. The van der Waals surface area contributed by atoms with E-state index < -0.39 is 0 Å². The van der Waals surface area contributed by atoms with Crippen LogP contribution in [0.1, 0.15) is 40.5 Å². The van der Waals surface area contributed by atoms with Crippen molar-refractivity contribution >= 4 is 5.69 Å². The lowest BCUT2D eigenvalue weighted by Crippen LogP contribution is -2.40. The van der Waals surface area contributed by atoms with E-state index in [0.29, 0.717) is 12.1 Å². The van der Waals surface area contributed by atoms with Crippen LogP contribution in [0.25, 0.3) is 11.1 Å². The minimum absolute atomic E-state index is 0.546. The van der Waals surface area contributed by atoms with E-state index in [-0.39, 0.29) is 0 Å². The molecule has 112 valence electrons.